The molecule has 0 fully saturated rings. The van der Waals surface area contributed by atoms with Crippen LogP contribution < -0.4 is 0 Å². The normalized spacial score (nSPS) is 11.6. The molecule has 3 nitrogen and oxygen atoms in total. The van der Waals surface area contributed by atoms with Gasteiger partial charge in [0.15, 0.2) is 0 Å². The van der Waals surface area contributed by atoms with E-state index in [1.165, 1.54) is 16.2 Å². The summed E-state index contributed by atoms with van der Waals surface area (Å²) in [5, 5.41) is 10.1. The average Bonchev–Trinajstić information content (AvgIpc) is 2.84. The fourth-order valence-electron chi connectivity index (χ4n) is 1.83. The van der Waals surface area contributed by atoms with Gasteiger partial charge < -0.3 is 5.11 Å². The number of nitrogens with zero attached hydrogens (tertiary/aromatic N) is 1. The molecule has 106 valence electrons. The van der Waals surface area contributed by atoms with Crippen molar-refractivity contribution in [1.29, 1.82) is 0 Å². The molecule has 0 aliphatic heterocycles. The second kappa shape index (κ2) is 5.58. The summed E-state index contributed by atoms with van der Waals surface area (Å²) in [5.74, 6) is -0.903. The molecule has 20 heavy (non-hydrogen) atoms. The van der Waals surface area contributed by atoms with Gasteiger partial charge in [-0.1, -0.05) is 32.9 Å². The molecule has 0 aliphatic rings. The van der Waals surface area contributed by atoms with Crippen molar-refractivity contribution in [3.05, 3.63) is 34.8 Å². The van der Waals surface area contributed by atoms with Crippen molar-refractivity contribution < 1.29 is 9.90 Å². The van der Waals surface area contributed by atoms with E-state index in [0.29, 0.717) is 10.6 Å². The average molecular weight is 307 g/mol. The summed E-state index contributed by atoms with van der Waals surface area (Å²) < 4.78 is 0. The first kappa shape index (κ1) is 15.1. The zero-order chi connectivity index (χ0) is 14.9. The van der Waals surface area contributed by atoms with Crippen LogP contribution in [0.25, 0.3) is 10.6 Å². The Kier molecular flexibility index (Phi) is 4.20. The number of rotatable bonds is 3. The molecule has 1 heterocycles. The molecule has 2 aromatic rings. The molecular formula is C15H17NO2S2. The summed E-state index contributed by atoms with van der Waals surface area (Å²) >= 11 is 2.92. The van der Waals surface area contributed by atoms with E-state index in [9.17, 15) is 9.90 Å². The lowest BCUT2D eigenvalue weighted by Gasteiger charge is -2.16. The molecule has 0 bridgehead atoms. The quantitative estimate of drug-likeness (QED) is 0.847. The fourth-order valence-corrected chi connectivity index (χ4v) is 3.36. The van der Waals surface area contributed by atoms with Crippen molar-refractivity contribution in [1.82, 2.24) is 4.98 Å². The Hall–Kier alpha value is -1.33. The van der Waals surface area contributed by atoms with Gasteiger partial charge in [-0.2, -0.15) is 0 Å². The lowest BCUT2D eigenvalue weighted by molar-refractivity contribution is 0.0699. The molecule has 0 atom stereocenters. The summed E-state index contributed by atoms with van der Waals surface area (Å²) in [7, 11) is 0. The summed E-state index contributed by atoms with van der Waals surface area (Å²) in [6, 6.07) is 8.03. The maximum Gasteiger partial charge on any atom is 0.347 e. The third-order valence-corrected chi connectivity index (χ3v) is 4.70. The molecular weight excluding hydrogens is 290 g/mol. The van der Waals surface area contributed by atoms with Crippen molar-refractivity contribution in [2.24, 2.45) is 0 Å². The van der Waals surface area contributed by atoms with E-state index in [4.69, 9.17) is 0 Å². The van der Waals surface area contributed by atoms with Gasteiger partial charge in [-0.25, -0.2) is 9.78 Å². The minimum absolute atomic E-state index is 0.276. The lowest BCUT2D eigenvalue weighted by atomic mass is 9.91. The molecule has 0 spiro atoms. The SMILES string of the molecule is CSc1ccc(-c2nc(C(C)(C)C)c(C(=O)O)s2)cc1. The van der Waals surface area contributed by atoms with Crippen molar-refractivity contribution in [2.45, 2.75) is 31.1 Å². The van der Waals surface area contributed by atoms with E-state index in [0.717, 1.165) is 10.6 Å². The van der Waals surface area contributed by atoms with Crippen LogP contribution in [-0.4, -0.2) is 22.3 Å². The lowest BCUT2D eigenvalue weighted by Crippen LogP contribution is -2.16. The monoisotopic (exact) mass is 307 g/mol. The standard InChI is InChI=1S/C15H17NO2S2/c1-15(2,3)12-11(14(17)18)20-13(16-12)9-5-7-10(19-4)8-6-9/h5-8H,1-4H3,(H,17,18). The van der Waals surface area contributed by atoms with Crippen LogP contribution in [-0.2, 0) is 5.41 Å². The Bertz CT molecular complexity index is 624. The third kappa shape index (κ3) is 3.04. The van der Waals surface area contributed by atoms with E-state index < -0.39 is 5.97 Å². The summed E-state index contributed by atoms with van der Waals surface area (Å²) in [4.78, 5) is 17.5. The Balaban J connectivity index is 2.50. The minimum atomic E-state index is -0.903. The number of hydrogen-bond donors (Lipinski definition) is 1. The van der Waals surface area contributed by atoms with Crippen LogP contribution in [0.15, 0.2) is 29.2 Å². The molecule has 1 N–H and O–H groups in total. The van der Waals surface area contributed by atoms with E-state index >= 15 is 0 Å². The van der Waals surface area contributed by atoms with Crippen LogP contribution in [0.3, 0.4) is 0 Å². The Morgan fingerprint density at radius 2 is 1.85 bits per heavy atom. The first-order valence-corrected chi connectivity index (χ1v) is 8.26. The predicted octanol–water partition coefficient (Wildman–Crippen LogP) is 4.53. The maximum atomic E-state index is 11.4. The van der Waals surface area contributed by atoms with Gasteiger partial charge in [0.1, 0.15) is 9.88 Å². The van der Waals surface area contributed by atoms with Gasteiger partial charge >= 0.3 is 5.97 Å². The van der Waals surface area contributed by atoms with Crippen molar-refractivity contribution in [3.8, 4) is 10.6 Å². The number of carboxylic acids is 1. The summed E-state index contributed by atoms with van der Waals surface area (Å²) in [6.07, 6.45) is 2.03. The number of carbonyl (C=O) groups is 1. The van der Waals surface area contributed by atoms with Gasteiger partial charge in [0.2, 0.25) is 0 Å². The number of aromatic carboxylic acids is 1. The zero-order valence-electron chi connectivity index (χ0n) is 11.9. The Morgan fingerprint density at radius 1 is 1.25 bits per heavy atom. The van der Waals surface area contributed by atoms with Gasteiger partial charge in [-0.3, -0.25) is 0 Å². The van der Waals surface area contributed by atoms with Crippen LogP contribution in [0.4, 0.5) is 0 Å². The number of thiazole rings is 1. The van der Waals surface area contributed by atoms with Crippen LogP contribution in [0.1, 0.15) is 36.1 Å². The highest BCUT2D eigenvalue weighted by Gasteiger charge is 2.27. The zero-order valence-corrected chi connectivity index (χ0v) is 13.6. The second-order valence-corrected chi connectivity index (χ2v) is 7.36. The highest BCUT2D eigenvalue weighted by atomic mass is 32.2. The van der Waals surface area contributed by atoms with Crippen LogP contribution in [0.5, 0.6) is 0 Å². The van der Waals surface area contributed by atoms with Crippen LogP contribution >= 0.6 is 23.1 Å². The van der Waals surface area contributed by atoms with Gasteiger partial charge in [0.25, 0.3) is 0 Å². The minimum Gasteiger partial charge on any atom is -0.477 e. The molecule has 1 aromatic heterocycles. The Morgan fingerprint density at radius 3 is 2.25 bits per heavy atom. The number of aromatic nitrogens is 1. The molecule has 0 amide bonds. The van der Waals surface area contributed by atoms with Gasteiger partial charge in [-0.05, 0) is 18.4 Å². The van der Waals surface area contributed by atoms with E-state index in [2.05, 4.69) is 4.98 Å². The molecule has 5 heteroatoms. The van der Waals surface area contributed by atoms with Crippen molar-refractivity contribution in [3.63, 3.8) is 0 Å². The number of benzene rings is 1. The van der Waals surface area contributed by atoms with E-state index in [1.54, 1.807) is 11.8 Å². The van der Waals surface area contributed by atoms with Crippen LogP contribution in [0.2, 0.25) is 0 Å². The molecule has 2 rings (SSSR count). The topological polar surface area (TPSA) is 50.2 Å². The smallest absolute Gasteiger partial charge is 0.347 e. The number of hydrogen-bond acceptors (Lipinski definition) is 4. The predicted molar refractivity (Wildman–Crippen MR) is 85.0 cm³/mol. The molecule has 0 unspecified atom stereocenters. The van der Waals surface area contributed by atoms with Gasteiger partial charge in [0.05, 0.1) is 5.69 Å². The molecule has 0 saturated heterocycles. The van der Waals surface area contributed by atoms with E-state index in [-0.39, 0.29) is 5.41 Å². The highest BCUT2D eigenvalue weighted by Crippen LogP contribution is 2.34. The summed E-state index contributed by atoms with van der Waals surface area (Å²) in [5.41, 5.74) is 1.34. The molecule has 1 aromatic carbocycles. The van der Waals surface area contributed by atoms with Crippen LogP contribution in [0, 0.1) is 0 Å². The Labute approximate surface area is 127 Å². The first-order valence-electron chi connectivity index (χ1n) is 6.22. The highest BCUT2D eigenvalue weighted by molar-refractivity contribution is 7.98. The molecule has 0 saturated carbocycles. The van der Waals surface area contributed by atoms with Crippen molar-refractivity contribution >= 4 is 29.1 Å². The van der Waals surface area contributed by atoms with E-state index in [1.807, 2.05) is 51.3 Å². The number of thioether (sulfide) groups is 1. The number of carboxylic acid groups (broad SMARTS) is 1. The van der Waals surface area contributed by atoms with Gasteiger partial charge in [-0.15, -0.1) is 23.1 Å². The maximum absolute atomic E-state index is 11.4. The first-order chi connectivity index (χ1) is 9.32. The summed E-state index contributed by atoms with van der Waals surface area (Å²) in [6.45, 7) is 5.94. The molecule has 0 radical (unpaired) electrons. The van der Waals surface area contributed by atoms with Gasteiger partial charge in [0, 0.05) is 15.9 Å². The molecule has 0 aliphatic carbocycles. The second-order valence-electron chi connectivity index (χ2n) is 5.48. The third-order valence-electron chi connectivity index (χ3n) is 2.87. The van der Waals surface area contributed by atoms with Crippen molar-refractivity contribution in [2.75, 3.05) is 6.26 Å². The fraction of sp³-hybridized carbons (Fsp3) is 0.333. The largest absolute Gasteiger partial charge is 0.477 e.